The normalized spacial score (nSPS) is 17.1. The Labute approximate surface area is 212 Å². The Morgan fingerprint density at radius 2 is 1.56 bits per heavy atom. The van der Waals surface area contributed by atoms with Gasteiger partial charge in [-0.2, -0.15) is 0 Å². The Morgan fingerprint density at radius 3 is 2.31 bits per heavy atom. The number of anilines is 2. The van der Waals surface area contributed by atoms with Gasteiger partial charge in [0.2, 0.25) is 5.91 Å². The molecule has 0 radical (unpaired) electrons. The van der Waals surface area contributed by atoms with Crippen LogP contribution in [0.3, 0.4) is 0 Å². The van der Waals surface area contributed by atoms with Crippen molar-refractivity contribution in [1.82, 2.24) is 19.4 Å². The second kappa shape index (κ2) is 10.0. The average molecular weight is 481 g/mol. The number of hydrogen-bond donors (Lipinski definition) is 0. The van der Waals surface area contributed by atoms with E-state index in [1.165, 1.54) is 16.5 Å². The van der Waals surface area contributed by atoms with Gasteiger partial charge < -0.3 is 19.3 Å². The molecule has 5 heterocycles. The van der Waals surface area contributed by atoms with Gasteiger partial charge in [0.1, 0.15) is 11.6 Å². The van der Waals surface area contributed by atoms with Crippen LogP contribution >= 0.6 is 0 Å². The highest BCUT2D eigenvalue weighted by molar-refractivity contribution is 5.91. The van der Waals surface area contributed by atoms with E-state index < -0.39 is 0 Å². The molecular weight excluding hydrogens is 448 g/mol. The summed E-state index contributed by atoms with van der Waals surface area (Å²) in [6.45, 7) is 5.79. The van der Waals surface area contributed by atoms with Gasteiger partial charge in [-0.3, -0.25) is 4.79 Å². The summed E-state index contributed by atoms with van der Waals surface area (Å²) >= 11 is 0. The Hall–Kier alpha value is -3.87. The maximum absolute atomic E-state index is 13.3. The van der Waals surface area contributed by atoms with E-state index >= 15 is 0 Å². The minimum Gasteiger partial charge on any atom is -0.356 e. The molecular formula is C29H32N6O. The van der Waals surface area contributed by atoms with Crippen LogP contribution in [0.1, 0.15) is 18.4 Å². The highest BCUT2D eigenvalue weighted by Crippen LogP contribution is 2.30. The molecule has 0 atom stereocenters. The molecule has 1 aromatic carbocycles. The zero-order chi connectivity index (χ0) is 24.3. The Balaban J connectivity index is 1.08. The van der Waals surface area contributed by atoms with E-state index in [0.717, 1.165) is 70.3 Å². The first-order chi connectivity index (χ1) is 17.8. The molecule has 2 aliphatic heterocycles. The summed E-state index contributed by atoms with van der Waals surface area (Å²) in [4.78, 5) is 29.2. The summed E-state index contributed by atoms with van der Waals surface area (Å²) in [7, 11) is 0. The number of carbonyl (C=O) groups is 1. The topological polar surface area (TPSA) is 57.5 Å². The quantitative estimate of drug-likeness (QED) is 0.432. The lowest BCUT2D eigenvalue weighted by Gasteiger charge is -2.39. The van der Waals surface area contributed by atoms with Crippen LogP contribution in [-0.4, -0.2) is 64.6 Å². The Kier molecular flexibility index (Phi) is 6.28. The zero-order valence-electron chi connectivity index (χ0n) is 20.5. The van der Waals surface area contributed by atoms with Gasteiger partial charge in [-0.1, -0.05) is 36.4 Å². The number of carbonyl (C=O) groups excluding carboxylic acids is 1. The van der Waals surface area contributed by atoms with Gasteiger partial charge in [0.15, 0.2) is 0 Å². The van der Waals surface area contributed by atoms with Crippen molar-refractivity contribution in [3.63, 3.8) is 0 Å². The largest absolute Gasteiger partial charge is 0.356 e. The van der Waals surface area contributed by atoms with Crippen LogP contribution in [0.2, 0.25) is 0 Å². The number of pyridine rings is 2. The number of nitrogens with zero attached hydrogens (tertiary/aromatic N) is 6. The molecule has 3 aromatic heterocycles. The monoisotopic (exact) mass is 480 g/mol. The number of amides is 1. The molecule has 7 nitrogen and oxygen atoms in total. The second-order valence-electron chi connectivity index (χ2n) is 9.76. The van der Waals surface area contributed by atoms with Crippen LogP contribution in [0, 0.1) is 5.92 Å². The van der Waals surface area contributed by atoms with Gasteiger partial charge in [-0.05, 0) is 42.7 Å². The molecule has 0 N–H and O–H groups in total. The summed E-state index contributed by atoms with van der Waals surface area (Å²) in [6, 6.07) is 20.8. The molecule has 4 aromatic rings. The number of piperazine rings is 1. The van der Waals surface area contributed by atoms with Gasteiger partial charge >= 0.3 is 0 Å². The summed E-state index contributed by atoms with van der Waals surface area (Å²) in [6.07, 6.45) is 7.65. The van der Waals surface area contributed by atoms with Crippen molar-refractivity contribution >= 4 is 28.4 Å². The molecule has 0 spiro atoms. The van der Waals surface area contributed by atoms with Crippen LogP contribution in [-0.2, 0) is 11.3 Å². The van der Waals surface area contributed by atoms with E-state index in [0.29, 0.717) is 5.91 Å². The molecule has 2 fully saturated rings. The van der Waals surface area contributed by atoms with Gasteiger partial charge in [0.05, 0.1) is 5.52 Å². The van der Waals surface area contributed by atoms with Crippen LogP contribution in [0.5, 0.6) is 0 Å². The molecule has 0 aliphatic carbocycles. The first-order valence-corrected chi connectivity index (χ1v) is 12.9. The fourth-order valence-corrected chi connectivity index (χ4v) is 5.57. The van der Waals surface area contributed by atoms with Crippen molar-refractivity contribution in [3.8, 4) is 0 Å². The standard InChI is InChI=1S/C29H32N6O/c36-29(34-20-18-32(19-21-34)27-8-4-5-13-30-27)24-10-15-33(16-11-24)28-25-12-17-35(26(25)9-14-31-28)22-23-6-2-1-3-7-23/h1-9,12-14,17,24H,10-11,15-16,18-22H2. The van der Waals surface area contributed by atoms with Crippen molar-refractivity contribution in [1.29, 1.82) is 0 Å². The lowest BCUT2D eigenvalue weighted by atomic mass is 9.94. The fraction of sp³-hybridized carbons (Fsp3) is 0.345. The van der Waals surface area contributed by atoms with E-state index in [-0.39, 0.29) is 5.92 Å². The summed E-state index contributed by atoms with van der Waals surface area (Å²) < 4.78 is 2.29. The first kappa shape index (κ1) is 22.6. The van der Waals surface area contributed by atoms with Gasteiger partial charge in [0.25, 0.3) is 0 Å². The van der Waals surface area contributed by atoms with E-state index in [1.54, 1.807) is 0 Å². The van der Waals surface area contributed by atoms with Crippen molar-refractivity contribution in [3.05, 3.63) is 84.8 Å². The number of hydrogen-bond acceptors (Lipinski definition) is 5. The molecule has 1 amide bonds. The van der Waals surface area contributed by atoms with Crippen molar-refractivity contribution < 1.29 is 4.79 Å². The summed E-state index contributed by atoms with van der Waals surface area (Å²) in [5, 5.41) is 1.18. The van der Waals surface area contributed by atoms with Crippen molar-refractivity contribution in [2.75, 3.05) is 49.1 Å². The lowest BCUT2D eigenvalue weighted by molar-refractivity contribution is -0.136. The minimum absolute atomic E-state index is 0.101. The molecule has 7 heteroatoms. The van der Waals surface area contributed by atoms with Gasteiger partial charge in [0, 0.05) is 75.7 Å². The fourth-order valence-electron chi connectivity index (χ4n) is 5.57. The molecule has 0 saturated carbocycles. The summed E-state index contributed by atoms with van der Waals surface area (Å²) in [5.74, 6) is 2.45. The molecule has 6 rings (SSSR count). The van der Waals surface area contributed by atoms with E-state index in [4.69, 9.17) is 4.98 Å². The number of rotatable bonds is 5. The van der Waals surface area contributed by atoms with Gasteiger partial charge in [-0.25, -0.2) is 9.97 Å². The van der Waals surface area contributed by atoms with Crippen LogP contribution < -0.4 is 9.80 Å². The van der Waals surface area contributed by atoms with E-state index in [9.17, 15) is 4.79 Å². The smallest absolute Gasteiger partial charge is 0.225 e. The van der Waals surface area contributed by atoms with E-state index in [1.807, 2.05) is 30.6 Å². The molecule has 2 aliphatic rings. The predicted octanol–water partition coefficient (Wildman–Crippen LogP) is 4.04. The van der Waals surface area contributed by atoms with Crippen molar-refractivity contribution in [2.45, 2.75) is 19.4 Å². The number of piperidine rings is 1. The number of fused-ring (bicyclic) bond motifs is 1. The third-order valence-electron chi connectivity index (χ3n) is 7.58. The molecule has 0 bridgehead atoms. The number of aromatic nitrogens is 3. The predicted molar refractivity (Wildman–Crippen MR) is 143 cm³/mol. The molecule has 2 saturated heterocycles. The molecule has 36 heavy (non-hydrogen) atoms. The Bertz CT molecular complexity index is 1310. The highest BCUT2D eigenvalue weighted by Gasteiger charge is 2.31. The van der Waals surface area contributed by atoms with Crippen LogP contribution in [0.25, 0.3) is 10.9 Å². The van der Waals surface area contributed by atoms with Crippen LogP contribution in [0.15, 0.2) is 79.3 Å². The highest BCUT2D eigenvalue weighted by atomic mass is 16.2. The lowest BCUT2D eigenvalue weighted by Crippen LogP contribution is -2.52. The third-order valence-corrected chi connectivity index (χ3v) is 7.58. The third kappa shape index (κ3) is 4.53. The first-order valence-electron chi connectivity index (χ1n) is 12.9. The second-order valence-corrected chi connectivity index (χ2v) is 9.76. The van der Waals surface area contributed by atoms with Gasteiger partial charge in [-0.15, -0.1) is 0 Å². The minimum atomic E-state index is 0.101. The maximum atomic E-state index is 13.3. The number of benzene rings is 1. The molecule has 0 unspecified atom stereocenters. The Morgan fingerprint density at radius 1 is 0.778 bits per heavy atom. The summed E-state index contributed by atoms with van der Waals surface area (Å²) in [5.41, 5.74) is 2.49. The van der Waals surface area contributed by atoms with Crippen molar-refractivity contribution in [2.24, 2.45) is 5.92 Å². The molecule has 184 valence electrons. The zero-order valence-corrected chi connectivity index (χ0v) is 20.5. The van der Waals surface area contributed by atoms with E-state index in [2.05, 4.69) is 72.9 Å². The average Bonchev–Trinajstić information content (AvgIpc) is 3.37. The SMILES string of the molecule is O=C(C1CCN(c2nccc3c2ccn3Cc2ccccc2)CC1)N1CCN(c2ccccn2)CC1. The maximum Gasteiger partial charge on any atom is 0.225 e. The van der Waals surface area contributed by atoms with Crippen LogP contribution in [0.4, 0.5) is 11.6 Å².